The van der Waals surface area contributed by atoms with E-state index in [0.717, 1.165) is 12.8 Å². The summed E-state index contributed by atoms with van der Waals surface area (Å²) in [5.74, 6) is 6.45. The van der Waals surface area contributed by atoms with Crippen molar-refractivity contribution in [2.45, 2.75) is 58.2 Å². The maximum Gasteiger partial charge on any atom is 0.181 e. The lowest BCUT2D eigenvalue weighted by Gasteiger charge is -2.34. The molecule has 0 spiro atoms. The van der Waals surface area contributed by atoms with Crippen LogP contribution in [-0.2, 0) is 0 Å². The van der Waals surface area contributed by atoms with Gasteiger partial charge in [-0.1, -0.05) is 37.3 Å². The van der Waals surface area contributed by atoms with Crippen LogP contribution in [0, 0.1) is 40.4 Å². The highest BCUT2D eigenvalue weighted by Gasteiger charge is 2.49. The van der Waals surface area contributed by atoms with Crippen LogP contribution in [0.5, 0.6) is 0 Å². The molecule has 2 bridgehead atoms. The third-order valence-electron chi connectivity index (χ3n) is 5.67. The molecule has 4 unspecified atom stereocenters. The predicted octanol–water partition coefficient (Wildman–Crippen LogP) is 2.32. The molecule has 0 amide bonds. The van der Waals surface area contributed by atoms with Crippen molar-refractivity contribution in [3.8, 4) is 17.9 Å². The average Bonchev–Trinajstić information content (AvgIpc) is 3.09. The molecule has 0 aliphatic heterocycles. The summed E-state index contributed by atoms with van der Waals surface area (Å²) in [5.41, 5.74) is 0.138. The molecule has 0 saturated heterocycles. The second kappa shape index (κ2) is 7.11. The molecule has 0 heterocycles. The van der Waals surface area contributed by atoms with Gasteiger partial charge in [0.2, 0.25) is 0 Å². The molecule has 0 aromatic rings. The highest BCUT2D eigenvalue weighted by molar-refractivity contribution is 5.33. The van der Waals surface area contributed by atoms with Gasteiger partial charge < -0.3 is 15.3 Å². The Hall–Kier alpha value is -1.59. The molecule has 2 aliphatic rings. The van der Waals surface area contributed by atoms with Gasteiger partial charge in [-0.3, -0.25) is 0 Å². The van der Waals surface area contributed by atoms with Gasteiger partial charge in [-0.05, 0) is 55.1 Å². The summed E-state index contributed by atoms with van der Waals surface area (Å²) < 4.78 is 0. The van der Waals surface area contributed by atoms with Gasteiger partial charge in [0.05, 0.1) is 13.0 Å². The largest absolute Gasteiger partial charge is 0.392 e. The molecule has 2 aliphatic carbocycles. The van der Waals surface area contributed by atoms with Gasteiger partial charge in [0.1, 0.15) is 12.2 Å². The van der Waals surface area contributed by atoms with Crippen LogP contribution in [-0.4, -0.2) is 33.6 Å². The number of nitriles is 1. The van der Waals surface area contributed by atoms with Crippen molar-refractivity contribution in [1.29, 1.82) is 5.26 Å². The fourth-order valence-electron chi connectivity index (χ4n) is 4.02. The minimum atomic E-state index is -1.63. The first-order valence-electron chi connectivity index (χ1n) is 8.54. The molecule has 3 N–H and O–H groups in total. The molecule has 130 valence electrons. The van der Waals surface area contributed by atoms with Gasteiger partial charge >= 0.3 is 0 Å². The van der Waals surface area contributed by atoms with Crippen molar-refractivity contribution in [1.82, 2.24) is 0 Å². The Kier molecular flexibility index (Phi) is 5.56. The maximum absolute atomic E-state index is 10.6. The monoisotopic (exact) mass is 329 g/mol. The average molecular weight is 329 g/mol. The Labute approximate surface area is 144 Å². The SMILES string of the molecule is C/C(=C/CO)C(O)C#CCC(O)(C#N)/C=C1\C2CCC(C2)C1(C)C. The van der Waals surface area contributed by atoms with E-state index in [4.69, 9.17) is 5.11 Å². The van der Waals surface area contributed by atoms with Crippen LogP contribution in [0.3, 0.4) is 0 Å². The molecule has 2 rings (SSSR count). The molecule has 24 heavy (non-hydrogen) atoms. The molecule has 0 radical (unpaired) electrons. The van der Waals surface area contributed by atoms with E-state index in [9.17, 15) is 15.5 Å². The van der Waals surface area contributed by atoms with Crippen molar-refractivity contribution in [3.63, 3.8) is 0 Å². The van der Waals surface area contributed by atoms with E-state index in [0.29, 0.717) is 17.4 Å². The molecule has 0 aromatic carbocycles. The second-order valence-corrected chi connectivity index (χ2v) is 7.60. The predicted molar refractivity (Wildman–Crippen MR) is 92.5 cm³/mol. The second-order valence-electron chi connectivity index (χ2n) is 7.60. The van der Waals surface area contributed by atoms with Gasteiger partial charge in [0, 0.05) is 0 Å². The molecule has 4 atom stereocenters. The van der Waals surface area contributed by atoms with Crippen molar-refractivity contribution < 1.29 is 15.3 Å². The van der Waals surface area contributed by atoms with Gasteiger partial charge in [-0.25, -0.2) is 0 Å². The number of nitrogens with zero attached hydrogens (tertiary/aromatic N) is 1. The topological polar surface area (TPSA) is 84.5 Å². The Morgan fingerprint density at radius 3 is 2.71 bits per heavy atom. The highest BCUT2D eigenvalue weighted by Crippen LogP contribution is 2.59. The van der Waals surface area contributed by atoms with Gasteiger partial charge in [-0.2, -0.15) is 5.26 Å². The van der Waals surface area contributed by atoms with E-state index < -0.39 is 11.7 Å². The Bertz CT molecular complexity index is 644. The number of aliphatic hydroxyl groups is 3. The zero-order valence-electron chi connectivity index (χ0n) is 14.7. The van der Waals surface area contributed by atoms with E-state index in [1.165, 1.54) is 18.1 Å². The van der Waals surface area contributed by atoms with Crippen LogP contribution in [0.15, 0.2) is 23.3 Å². The summed E-state index contributed by atoms with van der Waals surface area (Å²) in [6.45, 7) is 5.90. The summed E-state index contributed by atoms with van der Waals surface area (Å²) in [6.07, 6.45) is 5.68. The minimum absolute atomic E-state index is 0.0289. The molecular weight excluding hydrogens is 302 g/mol. The van der Waals surface area contributed by atoms with Crippen molar-refractivity contribution in [2.24, 2.45) is 17.3 Å². The number of allylic oxidation sites excluding steroid dienone is 1. The summed E-state index contributed by atoms with van der Waals surface area (Å²) in [7, 11) is 0. The van der Waals surface area contributed by atoms with E-state index >= 15 is 0 Å². The van der Waals surface area contributed by atoms with Gasteiger partial charge in [0.25, 0.3) is 0 Å². The van der Waals surface area contributed by atoms with Crippen LogP contribution in [0.2, 0.25) is 0 Å². The first-order chi connectivity index (χ1) is 11.2. The van der Waals surface area contributed by atoms with Crippen LogP contribution in [0.25, 0.3) is 0 Å². The van der Waals surface area contributed by atoms with Crippen LogP contribution in [0.1, 0.15) is 46.5 Å². The molecular formula is C20H27NO3. The highest BCUT2D eigenvalue weighted by atomic mass is 16.3. The Morgan fingerprint density at radius 2 is 2.17 bits per heavy atom. The maximum atomic E-state index is 10.6. The van der Waals surface area contributed by atoms with Crippen LogP contribution < -0.4 is 0 Å². The van der Waals surface area contributed by atoms with Gasteiger partial charge in [-0.15, -0.1) is 0 Å². The fourth-order valence-corrected chi connectivity index (χ4v) is 4.02. The lowest BCUT2D eigenvalue weighted by molar-refractivity contribution is 0.151. The molecule has 0 aromatic heterocycles. The summed E-state index contributed by atoms with van der Waals surface area (Å²) >= 11 is 0. The van der Waals surface area contributed by atoms with E-state index in [-0.39, 0.29) is 18.4 Å². The minimum Gasteiger partial charge on any atom is -0.392 e. The number of hydrogen-bond acceptors (Lipinski definition) is 4. The number of rotatable bonds is 4. The smallest absolute Gasteiger partial charge is 0.181 e. The molecule has 4 heteroatoms. The molecule has 2 fully saturated rings. The van der Waals surface area contributed by atoms with Crippen LogP contribution in [0.4, 0.5) is 0 Å². The molecule has 2 saturated carbocycles. The Balaban J connectivity index is 2.15. The standard InChI is InChI=1S/C20H27NO3/c1-14(8-10-22)18(23)5-4-9-20(24,13-21)12-17-15-6-7-16(11-15)19(17,2)3/h8,12,15-16,18,22-24H,6-7,9-11H2,1-3H3/b14-8-,17-12+. The van der Waals surface area contributed by atoms with E-state index in [1.807, 2.05) is 6.07 Å². The lowest BCUT2D eigenvalue weighted by atomic mass is 9.71. The first kappa shape index (κ1) is 18.7. The zero-order valence-corrected chi connectivity index (χ0v) is 14.7. The first-order valence-corrected chi connectivity index (χ1v) is 8.54. The lowest BCUT2D eigenvalue weighted by Crippen LogP contribution is -2.29. The quantitative estimate of drug-likeness (QED) is 0.420. The van der Waals surface area contributed by atoms with Crippen molar-refractivity contribution >= 4 is 0 Å². The molecule has 4 nitrogen and oxygen atoms in total. The van der Waals surface area contributed by atoms with Crippen LogP contribution >= 0.6 is 0 Å². The fraction of sp³-hybridized carbons (Fsp3) is 0.650. The Morgan fingerprint density at radius 1 is 1.46 bits per heavy atom. The van der Waals surface area contributed by atoms with Crippen molar-refractivity contribution in [3.05, 3.63) is 23.3 Å². The van der Waals surface area contributed by atoms with Crippen molar-refractivity contribution in [2.75, 3.05) is 6.61 Å². The number of aliphatic hydroxyl groups excluding tert-OH is 2. The summed E-state index contributed by atoms with van der Waals surface area (Å²) in [5, 5.41) is 38.7. The van der Waals surface area contributed by atoms with Gasteiger partial charge in [0.15, 0.2) is 5.60 Å². The van der Waals surface area contributed by atoms with E-state index in [1.54, 1.807) is 13.0 Å². The summed E-state index contributed by atoms with van der Waals surface area (Å²) in [6, 6.07) is 1.97. The zero-order chi connectivity index (χ0) is 18.0. The number of hydrogen-bond donors (Lipinski definition) is 3. The normalized spacial score (nSPS) is 30.4. The summed E-state index contributed by atoms with van der Waals surface area (Å²) in [4.78, 5) is 0. The third kappa shape index (κ3) is 3.73. The van der Waals surface area contributed by atoms with E-state index in [2.05, 4.69) is 25.7 Å². The third-order valence-corrected chi connectivity index (χ3v) is 5.67. The number of fused-ring (bicyclic) bond motifs is 2.